The second-order valence-electron chi connectivity index (χ2n) is 6.18. The van der Waals surface area contributed by atoms with Crippen molar-refractivity contribution in [2.45, 2.75) is 38.1 Å². The Morgan fingerprint density at radius 1 is 0.909 bits per heavy atom. The minimum Gasteiger partial charge on any atom is -0.337 e. The fourth-order valence-corrected chi connectivity index (χ4v) is 7.78. The Balaban J connectivity index is 1.82. The number of nitrogens with zero attached hydrogens (tertiary/aromatic N) is 1. The van der Waals surface area contributed by atoms with Crippen molar-refractivity contribution in [3.05, 3.63) is 54.6 Å². The Kier molecular flexibility index (Phi) is 3.71. The molecule has 114 valence electrons. The molecule has 1 atom stereocenters. The van der Waals surface area contributed by atoms with Gasteiger partial charge in [-0.3, -0.25) is 0 Å². The van der Waals surface area contributed by atoms with Gasteiger partial charge in [-0.15, -0.1) is 0 Å². The van der Waals surface area contributed by atoms with E-state index in [-0.39, 0.29) is 0 Å². The zero-order chi connectivity index (χ0) is 15.0. The van der Waals surface area contributed by atoms with Crippen molar-refractivity contribution in [3.8, 4) is 0 Å². The van der Waals surface area contributed by atoms with Crippen LogP contribution in [0.1, 0.15) is 32.1 Å². The number of benzene rings is 2. The summed E-state index contributed by atoms with van der Waals surface area (Å²) in [5.41, 5.74) is 2.52. The summed E-state index contributed by atoms with van der Waals surface area (Å²) in [7, 11) is 0. The molecule has 2 nitrogen and oxygen atoms in total. The summed E-state index contributed by atoms with van der Waals surface area (Å²) >= 11 is 6.27. The monoisotopic (exact) mass is 328 g/mol. The summed E-state index contributed by atoms with van der Waals surface area (Å²) in [6.07, 6.45) is 4.59. The predicted octanol–water partition coefficient (Wildman–Crippen LogP) is 4.89. The molecule has 1 saturated carbocycles. The molecule has 4 heteroatoms. The van der Waals surface area contributed by atoms with E-state index in [2.05, 4.69) is 64.4 Å². The van der Waals surface area contributed by atoms with E-state index in [9.17, 15) is 0 Å². The standard InChI is InChI=1S/C18H21N2PS/c22-21(16-11-5-2-6-12-16)19-17-13-7-8-14-18(17)20(21)15-9-3-1-4-10-15/h2,5-8,11-15H,1,3-4,9-10H2,(H,19,22). The van der Waals surface area contributed by atoms with Gasteiger partial charge in [-0.2, -0.15) is 0 Å². The fraction of sp³-hybridized carbons (Fsp3) is 0.333. The Labute approximate surface area is 137 Å². The van der Waals surface area contributed by atoms with Gasteiger partial charge in [0, 0.05) is 11.3 Å². The van der Waals surface area contributed by atoms with Crippen LogP contribution in [0, 0.1) is 0 Å². The molecule has 2 aromatic rings. The first-order valence-corrected chi connectivity index (χ1v) is 10.9. The van der Waals surface area contributed by atoms with Crippen molar-refractivity contribution < 1.29 is 0 Å². The summed E-state index contributed by atoms with van der Waals surface area (Å²) < 4.78 is 2.58. The molecule has 2 aliphatic rings. The third-order valence-electron chi connectivity index (χ3n) is 4.75. The molecule has 0 radical (unpaired) electrons. The Morgan fingerprint density at radius 2 is 1.59 bits per heavy atom. The smallest absolute Gasteiger partial charge is 0.151 e. The van der Waals surface area contributed by atoms with Crippen molar-refractivity contribution in [2.24, 2.45) is 0 Å². The fourth-order valence-electron chi connectivity index (χ4n) is 3.71. The molecular weight excluding hydrogens is 307 g/mol. The summed E-state index contributed by atoms with van der Waals surface area (Å²) in [6, 6.07) is 19.9. The average molecular weight is 328 g/mol. The highest BCUT2D eigenvalue weighted by molar-refractivity contribution is 8.19. The van der Waals surface area contributed by atoms with E-state index in [0.29, 0.717) is 6.04 Å². The van der Waals surface area contributed by atoms with Gasteiger partial charge in [-0.05, 0) is 36.8 Å². The molecule has 0 saturated heterocycles. The average Bonchev–Trinajstić information content (AvgIpc) is 2.90. The lowest BCUT2D eigenvalue weighted by Crippen LogP contribution is -2.36. The van der Waals surface area contributed by atoms with Crippen LogP contribution in [-0.2, 0) is 11.8 Å². The summed E-state index contributed by atoms with van der Waals surface area (Å²) in [6.45, 7) is 0. The van der Waals surface area contributed by atoms with Crippen molar-refractivity contribution in [2.75, 3.05) is 9.76 Å². The first-order chi connectivity index (χ1) is 10.8. The van der Waals surface area contributed by atoms with Crippen molar-refractivity contribution >= 4 is 34.8 Å². The lowest BCUT2D eigenvalue weighted by atomic mass is 9.95. The highest BCUT2D eigenvalue weighted by Gasteiger charge is 2.40. The van der Waals surface area contributed by atoms with Gasteiger partial charge in [-0.1, -0.05) is 61.7 Å². The van der Waals surface area contributed by atoms with E-state index in [1.165, 1.54) is 48.8 Å². The van der Waals surface area contributed by atoms with Crippen LogP contribution in [0.5, 0.6) is 0 Å². The number of fused-ring (bicyclic) bond motifs is 1. The molecule has 1 fully saturated rings. The number of hydrogen-bond acceptors (Lipinski definition) is 1. The SMILES string of the molecule is S=P1(c2ccccc2)Nc2ccccc2N1C1CCCCC1. The molecule has 4 rings (SSSR count). The molecule has 0 bridgehead atoms. The van der Waals surface area contributed by atoms with E-state index in [0.717, 1.165) is 0 Å². The number of nitrogens with one attached hydrogen (secondary N) is 1. The van der Waals surface area contributed by atoms with Crippen LogP contribution >= 0.6 is 6.34 Å². The molecule has 1 aliphatic heterocycles. The topological polar surface area (TPSA) is 15.3 Å². The Morgan fingerprint density at radius 3 is 2.36 bits per heavy atom. The third-order valence-corrected chi connectivity index (χ3v) is 8.88. The summed E-state index contributed by atoms with van der Waals surface area (Å²) in [5, 5.41) is 5.00. The summed E-state index contributed by atoms with van der Waals surface area (Å²) in [5.74, 6) is 0. The van der Waals surface area contributed by atoms with Crippen LogP contribution in [0.25, 0.3) is 0 Å². The second-order valence-corrected chi connectivity index (χ2v) is 10.1. The zero-order valence-electron chi connectivity index (χ0n) is 12.6. The van der Waals surface area contributed by atoms with Gasteiger partial charge in [0.25, 0.3) is 0 Å². The molecular formula is C18H21N2PS. The summed E-state index contributed by atoms with van der Waals surface area (Å²) in [4.78, 5) is 0. The molecule has 0 aromatic heterocycles. The van der Waals surface area contributed by atoms with Crippen LogP contribution in [0.15, 0.2) is 54.6 Å². The van der Waals surface area contributed by atoms with Crippen molar-refractivity contribution in [1.82, 2.24) is 0 Å². The van der Waals surface area contributed by atoms with Crippen LogP contribution in [0.4, 0.5) is 11.4 Å². The van der Waals surface area contributed by atoms with Gasteiger partial charge < -0.3 is 9.76 Å². The molecule has 22 heavy (non-hydrogen) atoms. The van der Waals surface area contributed by atoms with Crippen LogP contribution in [0.2, 0.25) is 0 Å². The molecule has 1 unspecified atom stereocenters. The lowest BCUT2D eigenvalue weighted by molar-refractivity contribution is 0.446. The maximum Gasteiger partial charge on any atom is 0.151 e. The number of anilines is 2. The van der Waals surface area contributed by atoms with E-state index in [4.69, 9.17) is 11.8 Å². The van der Waals surface area contributed by atoms with E-state index < -0.39 is 6.34 Å². The normalized spacial score (nSPS) is 24.8. The minimum atomic E-state index is -1.97. The highest BCUT2D eigenvalue weighted by atomic mass is 32.4. The van der Waals surface area contributed by atoms with E-state index in [1.807, 2.05) is 0 Å². The van der Waals surface area contributed by atoms with Gasteiger partial charge >= 0.3 is 0 Å². The zero-order valence-corrected chi connectivity index (χ0v) is 14.3. The maximum atomic E-state index is 6.27. The van der Waals surface area contributed by atoms with Gasteiger partial charge in [0.15, 0.2) is 6.34 Å². The van der Waals surface area contributed by atoms with E-state index >= 15 is 0 Å². The lowest BCUT2D eigenvalue weighted by Gasteiger charge is -2.39. The van der Waals surface area contributed by atoms with Gasteiger partial charge in [0.1, 0.15) is 0 Å². The highest BCUT2D eigenvalue weighted by Crippen LogP contribution is 2.61. The first-order valence-electron chi connectivity index (χ1n) is 8.12. The first kappa shape index (κ1) is 14.3. The Bertz CT molecular complexity index is 710. The van der Waals surface area contributed by atoms with Gasteiger partial charge in [-0.25, -0.2) is 0 Å². The number of hydrogen-bond donors (Lipinski definition) is 1. The number of rotatable bonds is 2. The predicted molar refractivity (Wildman–Crippen MR) is 99.8 cm³/mol. The third kappa shape index (κ3) is 2.28. The second kappa shape index (κ2) is 5.72. The molecule has 0 spiro atoms. The molecule has 1 heterocycles. The van der Waals surface area contributed by atoms with Crippen LogP contribution in [0.3, 0.4) is 0 Å². The maximum absolute atomic E-state index is 6.27. The van der Waals surface area contributed by atoms with Crippen molar-refractivity contribution in [3.63, 3.8) is 0 Å². The molecule has 1 N–H and O–H groups in total. The van der Waals surface area contributed by atoms with Crippen LogP contribution < -0.4 is 15.1 Å². The molecule has 1 aliphatic carbocycles. The molecule has 2 aromatic carbocycles. The minimum absolute atomic E-state index is 0.580. The largest absolute Gasteiger partial charge is 0.337 e. The van der Waals surface area contributed by atoms with Gasteiger partial charge in [0.05, 0.1) is 11.4 Å². The molecule has 0 amide bonds. The number of para-hydroxylation sites is 2. The van der Waals surface area contributed by atoms with Crippen molar-refractivity contribution in [1.29, 1.82) is 0 Å². The quantitative estimate of drug-likeness (QED) is 0.791. The van der Waals surface area contributed by atoms with E-state index in [1.54, 1.807) is 0 Å². The van der Waals surface area contributed by atoms with Crippen LogP contribution in [-0.4, -0.2) is 6.04 Å². The Hall–Kier alpha value is -1.31. The van der Waals surface area contributed by atoms with Gasteiger partial charge in [0.2, 0.25) is 0 Å².